The van der Waals surface area contributed by atoms with E-state index in [2.05, 4.69) is 22.4 Å². The lowest BCUT2D eigenvalue weighted by Crippen LogP contribution is -2.49. The second kappa shape index (κ2) is 10.7. The molecule has 0 saturated carbocycles. The van der Waals surface area contributed by atoms with Gasteiger partial charge in [0.2, 0.25) is 0 Å². The van der Waals surface area contributed by atoms with Gasteiger partial charge in [-0.25, -0.2) is 4.79 Å². The fourth-order valence-electron chi connectivity index (χ4n) is 4.69. The molecule has 3 aromatic rings. The highest BCUT2D eigenvalue weighted by molar-refractivity contribution is 5.95. The Hall–Kier alpha value is -3.36. The van der Waals surface area contributed by atoms with Crippen molar-refractivity contribution >= 4 is 11.7 Å². The number of aliphatic hydroxyl groups is 1. The van der Waals surface area contributed by atoms with Crippen molar-refractivity contribution in [3.63, 3.8) is 0 Å². The van der Waals surface area contributed by atoms with Gasteiger partial charge in [-0.3, -0.25) is 10.00 Å². The van der Waals surface area contributed by atoms with E-state index in [1.165, 1.54) is 0 Å². The number of aliphatic hydroxyl groups excluding tert-OH is 1. The van der Waals surface area contributed by atoms with Crippen LogP contribution < -0.4 is 15.0 Å². The molecule has 1 atom stereocenters. The number of carbonyl (C=O) groups is 1. The Morgan fingerprint density at radius 1 is 1.18 bits per heavy atom. The molecule has 1 aliphatic heterocycles. The van der Waals surface area contributed by atoms with E-state index >= 15 is 0 Å². The van der Waals surface area contributed by atoms with E-state index in [9.17, 15) is 9.90 Å². The second-order valence-corrected chi connectivity index (χ2v) is 8.64. The standard InChI is InChI=1S/C26H33N5O3/c1-3-27-13-11-26(12-14-32)19-30(23-9-7-21(8-10-23)22-16-28-29-17-22)25(33)31(26)18-20-5-4-6-24(15-20)34-2/h4-10,15-17,27,32H,3,11-14,18-19H2,1-2H3,(H,28,29). The van der Waals surface area contributed by atoms with Crippen LogP contribution in [0.1, 0.15) is 25.3 Å². The van der Waals surface area contributed by atoms with Gasteiger partial charge >= 0.3 is 6.03 Å². The lowest BCUT2D eigenvalue weighted by molar-refractivity contribution is 0.110. The van der Waals surface area contributed by atoms with Crippen LogP contribution in [0.4, 0.5) is 10.5 Å². The van der Waals surface area contributed by atoms with Crippen molar-refractivity contribution in [1.82, 2.24) is 20.4 Å². The molecule has 8 heteroatoms. The molecule has 1 aromatic heterocycles. The van der Waals surface area contributed by atoms with Crippen molar-refractivity contribution in [2.45, 2.75) is 31.8 Å². The number of methoxy groups -OCH3 is 1. The summed E-state index contributed by atoms with van der Waals surface area (Å²) in [6.07, 6.45) is 4.89. The highest BCUT2D eigenvalue weighted by Gasteiger charge is 2.49. The van der Waals surface area contributed by atoms with Crippen LogP contribution in [0.5, 0.6) is 5.75 Å². The molecule has 1 saturated heterocycles. The topological polar surface area (TPSA) is 93.7 Å². The molecule has 1 fully saturated rings. The van der Waals surface area contributed by atoms with Gasteiger partial charge in [0.25, 0.3) is 0 Å². The van der Waals surface area contributed by atoms with Crippen LogP contribution in [0, 0.1) is 0 Å². The number of urea groups is 1. The van der Waals surface area contributed by atoms with Gasteiger partial charge in [0.1, 0.15) is 5.75 Å². The maximum atomic E-state index is 13.8. The van der Waals surface area contributed by atoms with Crippen LogP contribution in [0.15, 0.2) is 60.9 Å². The molecule has 0 aliphatic carbocycles. The van der Waals surface area contributed by atoms with Crippen molar-refractivity contribution in [3.8, 4) is 16.9 Å². The quantitative estimate of drug-likeness (QED) is 0.378. The predicted molar refractivity (Wildman–Crippen MR) is 133 cm³/mol. The molecule has 2 aromatic carbocycles. The third-order valence-corrected chi connectivity index (χ3v) is 6.57. The minimum atomic E-state index is -0.486. The molecule has 4 rings (SSSR count). The Morgan fingerprint density at radius 2 is 2.00 bits per heavy atom. The monoisotopic (exact) mass is 463 g/mol. The summed E-state index contributed by atoms with van der Waals surface area (Å²) in [5.74, 6) is 0.760. The molecule has 34 heavy (non-hydrogen) atoms. The molecule has 0 spiro atoms. The number of H-pyrrole nitrogens is 1. The van der Waals surface area contributed by atoms with Gasteiger partial charge in [0.15, 0.2) is 0 Å². The van der Waals surface area contributed by atoms with Crippen LogP contribution >= 0.6 is 0 Å². The van der Waals surface area contributed by atoms with Crippen LogP contribution in [-0.4, -0.2) is 65.1 Å². The number of carbonyl (C=O) groups excluding carboxylic acids is 1. The van der Waals surface area contributed by atoms with E-state index in [0.29, 0.717) is 19.5 Å². The van der Waals surface area contributed by atoms with Crippen LogP contribution in [0.2, 0.25) is 0 Å². The van der Waals surface area contributed by atoms with Gasteiger partial charge in [-0.05, 0) is 61.3 Å². The largest absolute Gasteiger partial charge is 0.497 e. The molecule has 180 valence electrons. The number of hydrogen-bond acceptors (Lipinski definition) is 5. The third-order valence-electron chi connectivity index (χ3n) is 6.57. The number of hydrogen-bond donors (Lipinski definition) is 3. The van der Waals surface area contributed by atoms with Crippen molar-refractivity contribution < 1.29 is 14.6 Å². The summed E-state index contributed by atoms with van der Waals surface area (Å²) in [5, 5.41) is 20.2. The number of aromatic nitrogens is 2. The van der Waals surface area contributed by atoms with E-state index < -0.39 is 5.54 Å². The Kier molecular flexibility index (Phi) is 7.49. The van der Waals surface area contributed by atoms with Crippen molar-refractivity contribution in [2.75, 3.05) is 38.3 Å². The van der Waals surface area contributed by atoms with Gasteiger partial charge in [0.05, 0.1) is 25.4 Å². The van der Waals surface area contributed by atoms with Crippen molar-refractivity contribution in [2.24, 2.45) is 0 Å². The number of benzene rings is 2. The lowest BCUT2D eigenvalue weighted by Gasteiger charge is -2.37. The summed E-state index contributed by atoms with van der Waals surface area (Å²) in [5.41, 5.74) is 3.39. The normalized spacial score (nSPS) is 18.0. The molecule has 0 radical (unpaired) electrons. The highest BCUT2D eigenvalue weighted by Crippen LogP contribution is 2.37. The van der Waals surface area contributed by atoms with Gasteiger partial charge in [-0.15, -0.1) is 0 Å². The molecule has 1 unspecified atom stereocenters. The lowest BCUT2D eigenvalue weighted by atomic mass is 9.89. The summed E-state index contributed by atoms with van der Waals surface area (Å²) < 4.78 is 5.39. The van der Waals surface area contributed by atoms with Gasteiger partial charge in [-0.2, -0.15) is 5.10 Å². The first-order valence-electron chi connectivity index (χ1n) is 11.7. The zero-order valence-corrected chi connectivity index (χ0v) is 19.8. The van der Waals surface area contributed by atoms with Crippen LogP contribution in [0.3, 0.4) is 0 Å². The Morgan fingerprint density at radius 3 is 2.68 bits per heavy atom. The average Bonchev–Trinajstić information content (AvgIpc) is 3.49. The fraction of sp³-hybridized carbons (Fsp3) is 0.385. The minimum Gasteiger partial charge on any atom is -0.497 e. The number of ether oxygens (including phenoxy) is 1. The van der Waals surface area contributed by atoms with Crippen molar-refractivity contribution in [3.05, 3.63) is 66.5 Å². The minimum absolute atomic E-state index is 0.0152. The van der Waals surface area contributed by atoms with Crippen LogP contribution in [0.25, 0.3) is 11.1 Å². The van der Waals surface area contributed by atoms with Crippen molar-refractivity contribution in [1.29, 1.82) is 0 Å². The molecule has 0 bridgehead atoms. The smallest absolute Gasteiger partial charge is 0.325 e. The number of aromatic amines is 1. The first-order valence-corrected chi connectivity index (χ1v) is 11.7. The van der Waals surface area contributed by atoms with E-state index in [0.717, 1.165) is 47.6 Å². The maximum Gasteiger partial charge on any atom is 0.325 e. The Bertz CT molecular complexity index is 1070. The number of anilines is 1. The number of nitrogens with zero attached hydrogens (tertiary/aromatic N) is 3. The van der Waals surface area contributed by atoms with E-state index in [1.807, 2.05) is 64.5 Å². The number of rotatable bonds is 11. The highest BCUT2D eigenvalue weighted by atomic mass is 16.5. The summed E-state index contributed by atoms with van der Waals surface area (Å²) >= 11 is 0. The first-order chi connectivity index (χ1) is 16.6. The maximum absolute atomic E-state index is 13.8. The van der Waals surface area contributed by atoms with Gasteiger partial charge < -0.3 is 20.1 Å². The van der Waals surface area contributed by atoms with E-state index in [1.54, 1.807) is 13.3 Å². The van der Waals surface area contributed by atoms with Gasteiger partial charge in [-0.1, -0.05) is 31.2 Å². The SMILES string of the molecule is CCNCCC1(CCO)CN(c2ccc(-c3cn[nH]c3)cc2)C(=O)N1Cc1cccc(OC)c1. The average molecular weight is 464 g/mol. The fourth-order valence-corrected chi connectivity index (χ4v) is 4.69. The van der Waals surface area contributed by atoms with Gasteiger partial charge in [0, 0.05) is 30.6 Å². The Balaban J connectivity index is 1.65. The molecule has 2 heterocycles. The second-order valence-electron chi connectivity index (χ2n) is 8.64. The number of nitrogens with one attached hydrogen (secondary N) is 2. The predicted octanol–water partition coefficient (Wildman–Crippen LogP) is 3.65. The summed E-state index contributed by atoms with van der Waals surface area (Å²) in [7, 11) is 1.64. The number of amides is 2. The molecule has 3 N–H and O–H groups in total. The molecule has 1 aliphatic rings. The third kappa shape index (κ3) is 4.93. The molecule has 2 amide bonds. The Labute approximate surface area is 200 Å². The molecular weight excluding hydrogens is 430 g/mol. The van der Waals surface area contributed by atoms with E-state index in [4.69, 9.17) is 4.74 Å². The summed E-state index contributed by atoms with van der Waals surface area (Å²) in [6, 6.07) is 15.7. The molecular formula is C26H33N5O3. The summed E-state index contributed by atoms with van der Waals surface area (Å²) in [6.45, 7) is 4.68. The molecule has 8 nitrogen and oxygen atoms in total. The zero-order chi connectivity index (χ0) is 24.0. The zero-order valence-electron chi connectivity index (χ0n) is 19.8. The van der Waals surface area contributed by atoms with E-state index in [-0.39, 0.29) is 12.6 Å². The summed E-state index contributed by atoms with van der Waals surface area (Å²) in [4.78, 5) is 17.6. The van der Waals surface area contributed by atoms with Crippen LogP contribution in [-0.2, 0) is 6.54 Å². The first kappa shape index (κ1) is 23.8.